The SMILES string of the molecule is CC(C)CCn1c(SCC(=O)Nc2cc([N+](=O)[O-])ccc2Cl)nc2ccccc2c1=O. The highest BCUT2D eigenvalue weighted by molar-refractivity contribution is 7.99. The van der Waals surface area contributed by atoms with Gasteiger partial charge in [-0.25, -0.2) is 4.98 Å². The van der Waals surface area contributed by atoms with Crippen LogP contribution in [0, 0.1) is 16.0 Å². The Morgan fingerprint density at radius 3 is 2.74 bits per heavy atom. The lowest BCUT2D eigenvalue weighted by Crippen LogP contribution is -2.25. The van der Waals surface area contributed by atoms with Crippen LogP contribution >= 0.6 is 23.4 Å². The molecule has 0 aliphatic carbocycles. The fourth-order valence-corrected chi connectivity index (χ4v) is 3.87. The van der Waals surface area contributed by atoms with E-state index in [1.54, 1.807) is 28.8 Å². The zero-order valence-corrected chi connectivity index (χ0v) is 18.6. The first kappa shape index (κ1) is 22.8. The molecule has 2 aromatic carbocycles. The van der Waals surface area contributed by atoms with Gasteiger partial charge >= 0.3 is 0 Å². The minimum atomic E-state index is -0.562. The number of para-hydroxylation sites is 1. The van der Waals surface area contributed by atoms with Gasteiger partial charge in [0.15, 0.2) is 5.16 Å². The van der Waals surface area contributed by atoms with Crippen molar-refractivity contribution in [1.82, 2.24) is 9.55 Å². The summed E-state index contributed by atoms with van der Waals surface area (Å²) in [6, 6.07) is 10.9. The number of amides is 1. The number of nitro benzene ring substituents is 1. The fraction of sp³-hybridized carbons (Fsp3) is 0.286. The largest absolute Gasteiger partial charge is 0.324 e. The molecule has 3 rings (SSSR count). The van der Waals surface area contributed by atoms with E-state index in [0.717, 1.165) is 18.2 Å². The number of non-ortho nitro benzene ring substituents is 1. The highest BCUT2D eigenvalue weighted by atomic mass is 35.5. The number of carbonyl (C=O) groups is 1. The van der Waals surface area contributed by atoms with Gasteiger partial charge in [-0.2, -0.15) is 0 Å². The second kappa shape index (κ2) is 9.93. The maximum atomic E-state index is 13.0. The third-order valence-corrected chi connectivity index (χ3v) is 5.83. The van der Waals surface area contributed by atoms with Crippen LogP contribution in [0.4, 0.5) is 11.4 Å². The molecule has 31 heavy (non-hydrogen) atoms. The van der Waals surface area contributed by atoms with E-state index in [9.17, 15) is 19.7 Å². The Kier molecular flexibility index (Phi) is 7.29. The number of hydrogen-bond acceptors (Lipinski definition) is 6. The number of halogens is 1. The van der Waals surface area contributed by atoms with Crippen LogP contribution in [0.25, 0.3) is 10.9 Å². The van der Waals surface area contributed by atoms with Gasteiger partial charge in [0.1, 0.15) is 0 Å². The molecule has 0 aliphatic heterocycles. The first-order chi connectivity index (χ1) is 14.8. The zero-order valence-electron chi connectivity index (χ0n) is 17.0. The summed E-state index contributed by atoms with van der Waals surface area (Å²) in [6.45, 7) is 4.64. The van der Waals surface area contributed by atoms with E-state index < -0.39 is 10.8 Å². The standard InChI is InChI=1S/C21H21ClN4O4S/c1-13(2)9-10-25-20(28)15-5-3-4-6-17(15)24-21(25)31-12-19(27)23-18-11-14(26(29)30)7-8-16(18)22/h3-8,11,13H,9-10,12H2,1-2H3,(H,23,27). The Morgan fingerprint density at radius 1 is 1.29 bits per heavy atom. The first-order valence-electron chi connectivity index (χ1n) is 9.62. The van der Waals surface area contributed by atoms with Crippen molar-refractivity contribution >= 4 is 51.5 Å². The van der Waals surface area contributed by atoms with Crippen LogP contribution in [0.5, 0.6) is 0 Å². The van der Waals surface area contributed by atoms with Crippen LogP contribution in [0.1, 0.15) is 20.3 Å². The molecular weight excluding hydrogens is 440 g/mol. The average molecular weight is 461 g/mol. The minimum absolute atomic E-state index is 0.0362. The van der Waals surface area contributed by atoms with Gasteiger partial charge in [-0.1, -0.05) is 49.3 Å². The Balaban J connectivity index is 1.82. The van der Waals surface area contributed by atoms with Crippen LogP contribution in [0.15, 0.2) is 52.4 Å². The van der Waals surface area contributed by atoms with Crippen molar-refractivity contribution in [3.8, 4) is 0 Å². The van der Waals surface area contributed by atoms with Crippen molar-refractivity contribution in [3.05, 3.63) is 68.0 Å². The van der Waals surface area contributed by atoms with E-state index in [2.05, 4.69) is 24.1 Å². The molecule has 0 saturated heterocycles. The Labute approximate surface area is 187 Å². The molecule has 0 spiro atoms. The van der Waals surface area contributed by atoms with Crippen LogP contribution in [-0.4, -0.2) is 26.1 Å². The van der Waals surface area contributed by atoms with E-state index in [4.69, 9.17) is 11.6 Å². The molecule has 0 aliphatic rings. The summed E-state index contributed by atoms with van der Waals surface area (Å²) in [4.78, 5) is 40.4. The smallest absolute Gasteiger partial charge is 0.271 e. The highest BCUT2D eigenvalue weighted by Gasteiger charge is 2.16. The number of thioether (sulfide) groups is 1. The number of aromatic nitrogens is 2. The number of hydrogen-bond donors (Lipinski definition) is 1. The van der Waals surface area contributed by atoms with Crippen molar-refractivity contribution in [2.75, 3.05) is 11.1 Å². The summed E-state index contributed by atoms with van der Waals surface area (Å²) < 4.78 is 1.60. The molecule has 1 heterocycles. The second-order valence-electron chi connectivity index (χ2n) is 7.31. The number of rotatable bonds is 8. The average Bonchev–Trinajstić information content (AvgIpc) is 2.73. The lowest BCUT2D eigenvalue weighted by Gasteiger charge is -2.14. The number of nitrogens with zero attached hydrogens (tertiary/aromatic N) is 3. The predicted octanol–water partition coefficient (Wildman–Crippen LogP) is 4.74. The van der Waals surface area contributed by atoms with Gasteiger partial charge in [0, 0.05) is 18.7 Å². The van der Waals surface area contributed by atoms with Gasteiger partial charge in [0.25, 0.3) is 11.2 Å². The molecule has 162 valence electrons. The van der Waals surface area contributed by atoms with Crippen molar-refractivity contribution in [3.63, 3.8) is 0 Å². The number of nitrogens with one attached hydrogen (secondary N) is 1. The molecule has 10 heteroatoms. The van der Waals surface area contributed by atoms with E-state index >= 15 is 0 Å². The Hall–Kier alpha value is -2.91. The third-order valence-electron chi connectivity index (χ3n) is 4.52. The van der Waals surface area contributed by atoms with Gasteiger partial charge in [0.05, 0.1) is 32.3 Å². The van der Waals surface area contributed by atoms with Crippen LogP contribution in [0.2, 0.25) is 5.02 Å². The molecule has 0 fully saturated rings. The first-order valence-corrected chi connectivity index (χ1v) is 11.0. The molecule has 1 aromatic heterocycles. The number of carbonyl (C=O) groups excluding carboxylic acids is 1. The number of fused-ring (bicyclic) bond motifs is 1. The van der Waals surface area contributed by atoms with Crippen molar-refractivity contribution in [2.24, 2.45) is 5.92 Å². The topological polar surface area (TPSA) is 107 Å². The predicted molar refractivity (Wildman–Crippen MR) is 123 cm³/mol. The number of anilines is 1. The van der Waals surface area contributed by atoms with Gasteiger partial charge in [-0.3, -0.25) is 24.3 Å². The summed E-state index contributed by atoms with van der Waals surface area (Å²) in [5.74, 6) is -0.0494. The van der Waals surface area contributed by atoms with E-state index in [0.29, 0.717) is 28.5 Å². The number of benzene rings is 2. The molecule has 0 radical (unpaired) electrons. The Morgan fingerprint density at radius 2 is 2.03 bits per heavy atom. The zero-order chi connectivity index (χ0) is 22.5. The molecule has 0 bridgehead atoms. The molecule has 0 atom stereocenters. The molecule has 1 N–H and O–H groups in total. The highest BCUT2D eigenvalue weighted by Crippen LogP contribution is 2.27. The quantitative estimate of drug-likeness (QED) is 0.225. The lowest BCUT2D eigenvalue weighted by atomic mass is 10.1. The fourth-order valence-electron chi connectivity index (χ4n) is 2.88. The molecular formula is C21H21ClN4O4S. The van der Waals surface area contributed by atoms with E-state index in [-0.39, 0.29) is 27.7 Å². The van der Waals surface area contributed by atoms with Gasteiger partial charge in [0.2, 0.25) is 5.91 Å². The van der Waals surface area contributed by atoms with Crippen molar-refractivity contribution < 1.29 is 9.72 Å². The van der Waals surface area contributed by atoms with Crippen LogP contribution in [-0.2, 0) is 11.3 Å². The molecule has 8 nitrogen and oxygen atoms in total. The van der Waals surface area contributed by atoms with Gasteiger partial charge < -0.3 is 5.32 Å². The molecule has 1 amide bonds. The molecule has 3 aromatic rings. The van der Waals surface area contributed by atoms with Crippen LogP contribution in [0.3, 0.4) is 0 Å². The molecule has 0 unspecified atom stereocenters. The van der Waals surface area contributed by atoms with Crippen molar-refractivity contribution in [1.29, 1.82) is 0 Å². The normalized spacial score (nSPS) is 11.1. The van der Waals surface area contributed by atoms with Crippen LogP contribution < -0.4 is 10.9 Å². The van der Waals surface area contributed by atoms with E-state index in [1.807, 2.05) is 0 Å². The maximum absolute atomic E-state index is 13.0. The Bertz CT molecular complexity index is 1200. The number of nitro groups is 1. The third kappa shape index (κ3) is 5.62. The van der Waals surface area contributed by atoms with E-state index in [1.165, 1.54) is 18.2 Å². The van der Waals surface area contributed by atoms with Gasteiger partial charge in [-0.05, 0) is 30.5 Å². The van der Waals surface area contributed by atoms with Gasteiger partial charge in [-0.15, -0.1) is 0 Å². The maximum Gasteiger partial charge on any atom is 0.271 e. The summed E-state index contributed by atoms with van der Waals surface area (Å²) in [5.41, 5.74) is 0.407. The lowest BCUT2D eigenvalue weighted by molar-refractivity contribution is -0.384. The summed E-state index contributed by atoms with van der Waals surface area (Å²) in [6.07, 6.45) is 0.795. The minimum Gasteiger partial charge on any atom is -0.324 e. The summed E-state index contributed by atoms with van der Waals surface area (Å²) in [7, 11) is 0. The van der Waals surface area contributed by atoms with Crippen molar-refractivity contribution in [2.45, 2.75) is 32.0 Å². The monoisotopic (exact) mass is 460 g/mol. The second-order valence-corrected chi connectivity index (χ2v) is 8.66. The summed E-state index contributed by atoms with van der Waals surface area (Å²) in [5, 5.41) is 14.7. The molecule has 0 saturated carbocycles. The summed E-state index contributed by atoms with van der Waals surface area (Å²) >= 11 is 7.18.